The van der Waals surface area contributed by atoms with E-state index in [1.165, 1.54) is 12.1 Å². The van der Waals surface area contributed by atoms with E-state index in [1.807, 2.05) is 0 Å². The van der Waals surface area contributed by atoms with Gasteiger partial charge in [-0.2, -0.15) is 0 Å². The summed E-state index contributed by atoms with van der Waals surface area (Å²) in [6.45, 7) is 0. The molecule has 0 bridgehead atoms. The van der Waals surface area contributed by atoms with E-state index >= 15 is 0 Å². The number of nitrogen functional groups attached to an aromatic ring is 2. The molecule has 0 spiro atoms. The molecular formula is C14H10ClN3O2. The zero-order valence-electron chi connectivity index (χ0n) is 10.3. The van der Waals surface area contributed by atoms with Crippen molar-refractivity contribution in [3.8, 4) is 0 Å². The molecule has 2 amide bonds. The Morgan fingerprint density at radius 1 is 0.900 bits per heavy atom. The molecular weight excluding hydrogens is 278 g/mol. The van der Waals surface area contributed by atoms with Crippen LogP contribution in [0.15, 0.2) is 36.4 Å². The third-order valence-electron chi connectivity index (χ3n) is 3.15. The van der Waals surface area contributed by atoms with Crippen LogP contribution in [-0.4, -0.2) is 11.8 Å². The Balaban J connectivity index is 2.11. The number of hydrogen-bond acceptors (Lipinski definition) is 4. The van der Waals surface area contributed by atoms with Gasteiger partial charge in [0.1, 0.15) is 0 Å². The number of nitrogens with two attached hydrogens (primary N) is 2. The van der Waals surface area contributed by atoms with E-state index < -0.39 is 11.8 Å². The fraction of sp³-hybridized carbons (Fsp3) is 0. The number of carbonyl (C=O) groups is 2. The minimum absolute atomic E-state index is 0.295. The van der Waals surface area contributed by atoms with Gasteiger partial charge in [-0.25, -0.2) is 4.90 Å². The van der Waals surface area contributed by atoms with Gasteiger partial charge in [0.25, 0.3) is 11.8 Å². The van der Waals surface area contributed by atoms with Gasteiger partial charge >= 0.3 is 0 Å². The predicted octanol–water partition coefficient (Wildman–Crippen LogP) is 2.30. The van der Waals surface area contributed by atoms with E-state index in [9.17, 15) is 9.59 Å². The van der Waals surface area contributed by atoms with Crippen LogP contribution in [0.1, 0.15) is 20.7 Å². The van der Waals surface area contributed by atoms with Gasteiger partial charge in [0.2, 0.25) is 0 Å². The first-order valence-corrected chi connectivity index (χ1v) is 6.20. The number of halogens is 1. The van der Waals surface area contributed by atoms with Crippen LogP contribution in [-0.2, 0) is 0 Å². The van der Waals surface area contributed by atoms with Crippen molar-refractivity contribution < 1.29 is 9.59 Å². The lowest BCUT2D eigenvalue weighted by Crippen LogP contribution is -2.29. The van der Waals surface area contributed by atoms with Crippen molar-refractivity contribution in [3.63, 3.8) is 0 Å². The molecule has 1 heterocycles. The Labute approximate surface area is 119 Å². The van der Waals surface area contributed by atoms with Gasteiger partial charge < -0.3 is 11.5 Å². The number of amides is 2. The molecule has 5 nitrogen and oxygen atoms in total. The van der Waals surface area contributed by atoms with Crippen molar-refractivity contribution in [2.45, 2.75) is 0 Å². The summed E-state index contributed by atoms with van der Waals surface area (Å²) in [7, 11) is 0. The number of rotatable bonds is 1. The van der Waals surface area contributed by atoms with Crippen LogP contribution >= 0.6 is 11.6 Å². The van der Waals surface area contributed by atoms with Crippen LogP contribution in [0.25, 0.3) is 0 Å². The highest BCUT2D eigenvalue weighted by Crippen LogP contribution is 2.32. The molecule has 3 rings (SSSR count). The summed E-state index contributed by atoms with van der Waals surface area (Å²) in [6.07, 6.45) is 0. The topological polar surface area (TPSA) is 89.4 Å². The van der Waals surface area contributed by atoms with Crippen molar-refractivity contribution in [2.24, 2.45) is 0 Å². The van der Waals surface area contributed by atoms with E-state index in [-0.39, 0.29) is 0 Å². The number of nitrogens with zero attached hydrogens (tertiary/aromatic N) is 1. The maximum Gasteiger partial charge on any atom is 0.266 e. The number of anilines is 3. The largest absolute Gasteiger partial charge is 0.399 e. The van der Waals surface area contributed by atoms with Crippen LogP contribution < -0.4 is 16.4 Å². The summed E-state index contributed by atoms with van der Waals surface area (Å²) in [6, 6.07) is 9.24. The average Bonchev–Trinajstić information content (AvgIpc) is 2.65. The molecule has 4 N–H and O–H groups in total. The molecule has 6 heteroatoms. The molecule has 0 saturated heterocycles. The Morgan fingerprint density at radius 2 is 1.60 bits per heavy atom. The fourth-order valence-electron chi connectivity index (χ4n) is 2.16. The van der Waals surface area contributed by atoms with Crippen LogP contribution in [0.5, 0.6) is 0 Å². The monoisotopic (exact) mass is 287 g/mol. The molecule has 0 fully saturated rings. The summed E-state index contributed by atoms with van der Waals surface area (Å²) >= 11 is 5.84. The molecule has 1 aliphatic rings. The zero-order valence-corrected chi connectivity index (χ0v) is 11.0. The molecule has 100 valence electrons. The van der Waals surface area contributed by atoms with Gasteiger partial charge in [0.15, 0.2) is 0 Å². The van der Waals surface area contributed by atoms with Crippen molar-refractivity contribution in [1.82, 2.24) is 0 Å². The second-order valence-corrected chi connectivity index (χ2v) is 4.86. The van der Waals surface area contributed by atoms with Gasteiger partial charge in [0, 0.05) is 5.69 Å². The third-order valence-corrected chi connectivity index (χ3v) is 3.49. The Hall–Kier alpha value is -2.53. The van der Waals surface area contributed by atoms with Crippen molar-refractivity contribution in [1.29, 1.82) is 0 Å². The summed E-state index contributed by atoms with van der Waals surface area (Å²) in [5, 5.41) is 0.370. The Kier molecular flexibility index (Phi) is 2.65. The van der Waals surface area contributed by atoms with Crippen molar-refractivity contribution in [3.05, 3.63) is 52.5 Å². The minimum Gasteiger partial charge on any atom is -0.399 e. The summed E-state index contributed by atoms with van der Waals surface area (Å²) in [4.78, 5) is 25.7. The van der Waals surface area contributed by atoms with E-state index in [2.05, 4.69) is 0 Å². The third kappa shape index (κ3) is 1.71. The van der Waals surface area contributed by atoms with Gasteiger partial charge in [0.05, 0.1) is 27.5 Å². The minimum atomic E-state index is -0.418. The van der Waals surface area contributed by atoms with Crippen LogP contribution in [0.2, 0.25) is 5.02 Å². The predicted molar refractivity (Wildman–Crippen MR) is 77.9 cm³/mol. The maximum absolute atomic E-state index is 12.3. The van der Waals surface area contributed by atoms with Gasteiger partial charge in [-0.3, -0.25) is 9.59 Å². The SMILES string of the molecule is Nc1ccc2c(c1)C(=O)N(c1ccc(Cl)c(N)c1)C2=O. The van der Waals surface area contributed by atoms with E-state index in [0.29, 0.717) is 33.2 Å². The molecule has 2 aromatic carbocycles. The molecule has 0 radical (unpaired) electrons. The van der Waals surface area contributed by atoms with Gasteiger partial charge in [-0.15, -0.1) is 0 Å². The van der Waals surface area contributed by atoms with Crippen LogP contribution in [0, 0.1) is 0 Å². The second-order valence-electron chi connectivity index (χ2n) is 4.46. The molecule has 0 aliphatic carbocycles. The first-order chi connectivity index (χ1) is 9.49. The number of imide groups is 1. The highest BCUT2D eigenvalue weighted by Gasteiger charge is 2.36. The van der Waals surface area contributed by atoms with Crippen LogP contribution in [0.4, 0.5) is 17.1 Å². The lowest BCUT2D eigenvalue weighted by atomic mass is 10.1. The van der Waals surface area contributed by atoms with E-state index in [1.54, 1.807) is 24.3 Å². The molecule has 0 saturated carbocycles. The Bertz CT molecular complexity index is 758. The molecule has 0 unspecified atom stereocenters. The fourth-order valence-corrected chi connectivity index (χ4v) is 2.28. The summed E-state index contributed by atoms with van der Waals surface area (Å²) in [5.41, 5.74) is 13.1. The number of carbonyl (C=O) groups excluding carboxylic acids is 2. The number of fused-ring (bicyclic) bond motifs is 1. The quantitative estimate of drug-likeness (QED) is 0.622. The summed E-state index contributed by atoms with van der Waals surface area (Å²) < 4.78 is 0. The second kappa shape index (κ2) is 4.25. The zero-order chi connectivity index (χ0) is 14.4. The van der Waals surface area contributed by atoms with Gasteiger partial charge in [-0.05, 0) is 36.4 Å². The van der Waals surface area contributed by atoms with Crippen molar-refractivity contribution >= 4 is 40.5 Å². The number of benzene rings is 2. The van der Waals surface area contributed by atoms with Crippen molar-refractivity contribution in [2.75, 3.05) is 16.4 Å². The highest BCUT2D eigenvalue weighted by atomic mass is 35.5. The smallest absolute Gasteiger partial charge is 0.266 e. The standard InChI is InChI=1S/C14H10ClN3O2/c15-11-4-2-8(6-12(11)17)18-13(19)9-3-1-7(16)5-10(9)14(18)20/h1-6H,16-17H2. The van der Waals surface area contributed by atoms with E-state index in [0.717, 1.165) is 4.90 Å². The first kappa shape index (κ1) is 12.5. The molecule has 1 aliphatic heterocycles. The summed E-state index contributed by atoms with van der Waals surface area (Å²) in [5.74, 6) is -0.814. The maximum atomic E-state index is 12.3. The van der Waals surface area contributed by atoms with Crippen LogP contribution in [0.3, 0.4) is 0 Å². The lowest BCUT2D eigenvalue weighted by molar-refractivity contribution is 0.0926. The highest BCUT2D eigenvalue weighted by molar-refractivity contribution is 6.36. The normalized spacial score (nSPS) is 13.8. The Morgan fingerprint density at radius 3 is 2.30 bits per heavy atom. The molecule has 0 aromatic heterocycles. The molecule has 2 aromatic rings. The molecule has 20 heavy (non-hydrogen) atoms. The van der Waals surface area contributed by atoms with E-state index in [4.69, 9.17) is 23.1 Å². The average molecular weight is 288 g/mol. The lowest BCUT2D eigenvalue weighted by Gasteiger charge is -2.14. The molecule has 0 atom stereocenters. The van der Waals surface area contributed by atoms with Gasteiger partial charge in [-0.1, -0.05) is 11.6 Å². The first-order valence-electron chi connectivity index (χ1n) is 5.82. The number of hydrogen-bond donors (Lipinski definition) is 2.